The predicted molar refractivity (Wildman–Crippen MR) is 64.9 cm³/mol. The number of ether oxygens (including phenoxy) is 3. The summed E-state index contributed by atoms with van der Waals surface area (Å²) in [5.74, 6) is 2.28. The summed E-state index contributed by atoms with van der Waals surface area (Å²) in [6, 6.07) is 5.18. The first kappa shape index (κ1) is 13.2. The molecule has 5 heteroatoms. The van der Waals surface area contributed by atoms with Crippen molar-refractivity contribution in [2.75, 3.05) is 20.8 Å². The van der Waals surface area contributed by atoms with E-state index in [0.717, 1.165) is 0 Å². The largest absolute Gasteiger partial charge is 0.496 e. The average molecular weight is 239 g/mol. The Morgan fingerprint density at radius 2 is 1.59 bits per heavy atom. The zero-order chi connectivity index (χ0) is 12.7. The molecule has 94 valence electrons. The van der Waals surface area contributed by atoms with Crippen LogP contribution in [0.5, 0.6) is 17.2 Å². The molecule has 0 fully saturated rings. The van der Waals surface area contributed by atoms with Crippen LogP contribution in [-0.4, -0.2) is 26.7 Å². The molecular formula is C12H17NO4. The Hall–Kier alpha value is -1.91. The molecule has 1 aromatic rings. The van der Waals surface area contributed by atoms with E-state index < -0.39 is 0 Å². The number of benzene rings is 1. The molecule has 0 bridgehead atoms. The first-order valence-electron chi connectivity index (χ1n) is 5.27. The number of rotatable bonds is 5. The Bertz CT molecular complexity index is 368. The highest BCUT2D eigenvalue weighted by Crippen LogP contribution is 2.27. The second kappa shape index (κ2) is 6.62. The van der Waals surface area contributed by atoms with Gasteiger partial charge in [-0.2, -0.15) is 0 Å². The predicted octanol–water partition coefficient (Wildman–Crippen LogP) is 2.45. The summed E-state index contributed by atoms with van der Waals surface area (Å²) in [6.45, 7) is 4.16. The van der Waals surface area contributed by atoms with E-state index in [9.17, 15) is 0 Å². The molecule has 0 saturated carbocycles. The van der Waals surface area contributed by atoms with Gasteiger partial charge in [0.1, 0.15) is 11.5 Å². The van der Waals surface area contributed by atoms with Gasteiger partial charge in [-0.1, -0.05) is 0 Å². The highest BCUT2D eigenvalue weighted by Gasteiger charge is 2.03. The van der Waals surface area contributed by atoms with Gasteiger partial charge in [-0.15, -0.1) is 0 Å². The minimum atomic E-state index is 0.467. The van der Waals surface area contributed by atoms with Crippen LogP contribution in [0, 0.1) is 0 Å². The van der Waals surface area contributed by atoms with Crippen molar-refractivity contribution in [3.63, 3.8) is 0 Å². The van der Waals surface area contributed by atoms with Crippen LogP contribution in [0.15, 0.2) is 23.4 Å². The number of hydrogen-bond acceptors (Lipinski definition) is 5. The van der Waals surface area contributed by atoms with Crippen molar-refractivity contribution in [3.8, 4) is 17.2 Å². The van der Waals surface area contributed by atoms with Gasteiger partial charge in [-0.25, -0.2) is 0 Å². The van der Waals surface area contributed by atoms with Gasteiger partial charge in [-0.3, -0.25) is 0 Å². The van der Waals surface area contributed by atoms with Gasteiger partial charge in [0.05, 0.1) is 20.8 Å². The molecule has 0 radical (unpaired) electrons. The van der Waals surface area contributed by atoms with Crippen LogP contribution < -0.4 is 14.3 Å². The third kappa shape index (κ3) is 4.22. The quantitative estimate of drug-likeness (QED) is 0.450. The van der Waals surface area contributed by atoms with Crippen LogP contribution in [0.1, 0.15) is 13.8 Å². The maximum absolute atomic E-state index is 5.21. The Kier molecular flexibility index (Phi) is 5.13. The molecule has 0 aromatic heterocycles. The van der Waals surface area contributed by atoms with Gasteiger partial charge in [-0.05, 0) is 12.1 Å². The molecule has 0 aliphatic carbocycles. The molecular weight excluding hydrogens is 222 g/mol. The van der Waals surface area contributed by atoms with Crippen LogP contribution in [0.4, 0.5) is 0 Å². The van der Waals surface area contributed by atoms with Crippen molar-refractivity contribution in [1.82, 2.24) is 0 Å². The molecule has 0 atom stereocenters. The number of oxime groups is 1. The van der Waals surface area contributed by atoms with Gasteiger partial charge < -0.3 is 19.0 Å². The summed E-state index contributed by atoms with van der Waals surface area (Å²) >= 11 is 0. The summed E-state index contributed by atoms with van der Waals surface area (Å²) in [6.07, 6.45) is 0. The molecule has 0 unspecified atom stereocenters. The maximum Gasteiger partial charge on any atom is 0.223 e. The van der Waals surface area contributed by atoms with E-state index in [1.165, 1.54) is 0 Å². The first-order valence-corrected chi connectivity index (χ1v) is 5.27. The van der Waals surface area contributed by atoms with Gasteiger partial charge in [0.2, 0.25) is 5.90 Å². The van der Waals surface area contributed by atoms with Gasteiger partial charge in [0, 0.05) is 25.1 Å². The SMILES string of the molecule is CCO/C(C)=N/Oc1cc(OC)cc(OC)c1. The minimum absolute atomic E-state index is 0.467. The fourth-order valence-electron chi connectivity index (χ4n) is 1.19. The van der Waals surface area contributed by atoms with Crippen molar-refractivity contribution in [1.29, 1.82) is 0 Å². The molecule has 0 spiro atoms. The second-order valence-corrected chi connectivity index (χ2v) is 3.18. The van der Waals surface area contributed by atoms with Crippen molar-refractivity contribution >= 4 is 5.90 Å². The van der Waals surface area contributed by atoms with Gasteiger partial charge in [0.15, 0.2) is 5.75 Å². The summed E-state index contributed by atoms with van der Waals surface area (Å²) in [7, 11) is 3.15. The fourth-order valence-corrected chi connectivity index (χ4v) is 1.19. The zero-order valence-corrected chi connectivity index (χ0v) is 10.5. The lowest BCUT2D eigenvalue weighted by Crippen LogP contribution is -2.01. The van der Waals surface area contributed by atoms with Gasteiger partial charge >= 0.3 is 0 Å². The normalized spacial score (nSPS) is 10.9. The molecule has 5 nitrogen and oxygen atoms in total. The lowest BCUT2D eigenvalue weighted by atomic mass is 10.3. The fraction of sp³-hybridized carbons (Fsp3) is 0.417. The molecule has 1 rings (SSSR count). The standard InChI is InChI=1S/C12H17NO4/c1-5-16-9(2)13-17-12-7-10(14-3)6-11(8-12)15-4/h6-8H,5H2,1-4H3/b13-9+. The van der Waals surface area contributed by atoms with Crippen molar-refractivity contribution in [2.45, 2.75) is 13.8 Å². The first-order chi connectivity index (χ1) is 8.19. The van der Waals surface area contributed by atoms with Crippen molar-refractivity contribution < 1.29 is 19.0 Å². The van der Waals surface area contributed by atoms with Crippen LogP contribution in [0.3, 0.4) is 0 Å². The monoisotopic (exact) mass is 239 g/mol. The lowest BCUT2D eigenvalue weighted by molar-refractivity contribution is 0.274. The second-order valence-electron chi connectivity index (χ2n) is 3.18. The molecule has 0 amide bonds. The molecule has 17 heavy (non-hydrogen) atoms. The van der Waals surface area contributed by atoms with E-state index in [1.54, 1.807) is 39.3 Å². The molecule has 1 aromatic carbocycles. The van der Waals surface area contributed by atoms with E-state index in [1.807, 2.05) is 6.92 Å². The Balaban J connectivity index is 2.79. The maximum atomic E-state index is 5.21. The zero-order valence-electron chi connectivity index (χ0n) is 10.5. The lowest BCUT2D eigenvalue weighted by Gasteiger charge is -2.07. The molecule has 0 N–H and O–H groups in total. The number of nitrogens with zero attached hydrogens (tertiary/aromatic N) is 1. The molecule has 0 saturated heterocycles. The molecule has 0 aliphatic heterocycles. The third-order valence-corrected chi connectivity index (χ3v) is 1.96. The number of methoxy groups -OCH3 is 2. The Labute approximate surface area is 101 Å². The van der Waals surface area contributed by atoms with Crippen molar-refractivity contribution in [2.24, 2.45) is 5.16 Å². The summed E-state index contributed by atoms with van der Waals surface area (Å²) in [5.41, 5.74) is 0. The number of hydrogen-bond donors (Lipinski definition) is 0. The summed E-state index contributed by atoms with van der Waals surface area (Å²) in [4.78, 5) is 5.21. The average Bonchev–Trinajstić information content (AvgIpc) is 2.36. The summed E-state index contributed by atoms with van der Waals surface area (Å²) in [5, 5.41) is 3.82. The molecule has 0 heterocycles. The van der Waals surface area contributed by atoms with E-state index in [4.69, 9.17) is 19.0 Å². The van der Waals surface area contributed by atoms with E-state index >= 15 is 0 Å². The Morgan fingerprint density at radius 3 is 2.06 bits per heavy atom. The van der Waals surface area contributed by atoms with E-state index in [0.29, 0.717) is 29.8 Å². The van der Waals surface area contributed by atoms with Crippen LogP contribution in [0.2, 0.25) is 0 Å². The van der Waals surface area contributed by atoms with E-state index in [-0.39, 0.29) is 0 Å². The highest BCUT2D eigenvalue weighted by molar-refractivity contribution is 5.72. The van der Waals surface area contributed by atoms with E-state index in [2.05, 4.69) is 5.16 Å². The summed E-state index contributed by atoms with van der Waals surface area (Å²) < 4.78 is 15.4. The topological polar surface area (TPSA) is 49.3 Å². The Morgan fingerprint density at radius 1 is 1.06 bits per heavy atom. The van der Waals surface area contributed by atoms with Crippen molar-refractivity contribution in [3.05, 3.63) is 18.2 Å². The van der Waals surface area contributed by atoms with Gasteiger partial charge in [0.25, 0.3) is 0 Å². The molecule has 0 aliphatic rings. The smallest absolute Gasteiger partial charge is 0.223 e. The highest BCUT2D eigenvalue weighted by atomic mass is 16.6. The third-order valence-electron chi connectivity index (χ3n) is 1.96. The van der Waals surface area contributed by atoms with Crippen LogP contribution >= 0.6 is 0 Å². The van der Waals surface area contributed by atoms with Crippen LogP contribution in [0.25, 0.3) is 0 Å². The minimum Gasteiger partial charge on any atom is -0.496 e. The van der Waals surface area contributed by atoms with Crippen LogP contribution in [-0.2, 0) is 4.74 Å².